The van der Waals surface area contributed by atoms with Gasteiger partial charge in [0.25, 0.3) is 0 Å². The first-order chi connectivity index (χ1) is 9.50. The van der Waals surface area contributed by atoms with Gasteiger partial charge in [-0.1, -0.05) is 28.8 Å². The van der Waals surface area contributed by atoms with Crippen molar-refractivity contribution in [3.05, 3.63) is 22.7 Å². The van der Waals surface area contributed by atoms with Crippen molar-refractivity contribution in [2.75, 3.05) is 12.3 Å². The number of halogens is 1. The molecule has 0 bridgehead atoms. The van der Waals surface area contributed by atoms with Gasteiger partial charge in [-0.3, -0.25) is 0 Å². The minimum atomic E-state index is -3.47. The molecule has 20 heavy (non-hydrogen) atoms. The third kappa shape index (κ3) is 2.38. The molecule has 2 fully saturated rings. The monoisotopic (exact) mass is 358 g/mol. The van der Waals surface area contributed by atoms with Crippen molar-refractivity contribution < 1.29 is 8.42 Å². The highest BCUT2D eigenvalue weighted by atomic mass is 79.9. The number of fused-ring (bicyclic) bond motifs is 1. The summed E-state index contributed by atoms with van der Waals surface area (Å²) >= 11 is 3.31. The predicted octanol–water partition coefficient (Wildman–Crippen LogP) is 2.98. The van der Waals surface area contributed by atoms with Crippen molar-refractivity contribution in [2.24, 2.45) is 5.92 Å². The standard InChI is InChI=1S/C14H19BrN2O2S/c15-11-5-6-14(12(16)9-11)20(18,19)17-8-7-10-3-1-2-4-13(10)17/h5-6,9-10,13H,1-4,7-8,16H2. The van der Waals surface area contributed by atoms with Gasteiger partial charge in [0.1, 0.15) is 4.90 Å². The highest BCUT2D eigenvalue weighted by Gasteiger charge is 2.42. The number of rotatable bonds is 2. The number of hydrogen-bond donors (Lipinski definition) is 1. The fraction of sp³-hybridized carbons (Fsp3) is 0.571. The molecule has 1 aliphatic heterocycles. The lowest BCUT2D eigenvalue weighted by Crippen LogP contribution is -2.39. The molecule has 1 heterocycles. The second-order valence-corrected chi connectivity index (χ2v) is 8.47. The van der Waals surface area contributed by atoms with Crippen LogP contribution in [0.25, 0.3) is 0 Å². The molecule has 0 radical (unpaired) electrons. The Bertz CT molecular complexity index is 618. The fourth-order valence-corrected chi connectivity index (χ4v) is 5.75. The van der Waals surface area contributed by atoms with Crippen molar-refractivity contribution in [1.29, 1.82) is 0 Å². The van der Waals surface area contributed by atoms with Crippen molar-refractivity contribution in [1.82, 2.24) is 4.31 Å². The average molecular weight is 359 g/mol. The van der Waals surface area contributed by atoms with Gasteiger partial charge in [0.2, 0.25) is 10.0 Å². The Morgan fingerprint density at radius 3 is 2.70 bits per heavy atom. The molecule has 1 aliphatic carbocycles. The first-order valence-electron chi connectivity index (χ1n) is 7.07. The zero-order valence-electron chi connectivity index (χ0n) is 11.3. The number of nitrogens with two attached hydrogens (primary N) is 1. The molecule has 1 aromatic rings. The minimum Gasteiger partial charge on any atom is -0.398 e. The van der Waals surface area contributed by atoms with Gasteiger partial charge in [-0.25, -0.2) is 8.42 Å². The van der Waals surface area contributed by atoms with Crippen molar-refractivity contribution in [2.45, 2.75) is 43.0 Å². The van der Waals surface area contributed by atoms with E-state index in [-0.39, 0.29) is 10.9 Å². The molecular weight excluding hydrogens is 340 g/mol. The van der Waals surface area contributed by atoms with E-state index in [1.807, 2.05) is 0 Å². The number of nitrogens with zero attached hydrogens (tertiary/aromatic N) is 1. The van der Waals surface area contributed by atoms with E-state index in [0.29, 0.717) is 18.2 Å². The molecule has 2 aliphatic rings. The quantitative estimate of drug-likeness (QED) is 0.826. The van der Waals surface area contributed by atoms with Gasteiger partial charge < -0.3 is 5.73 Å². The molecule has 1 saturated heterocycles. The van der Waals surface area contributed by atoms with E-state index in [1.54, 1.807) is 22.5 Å². The normalized spacial score (nSPS) is 27.4. The number of anilines is 1. The molecule has 4 nitrogen and oxygen atoms in total. The van der Waals surface area contributed by atoms with Crippen molar-refractivity contribution in [3.63, 3.8) is 0 Å². The first-order valence-corrected chi connectivity index (χ1v) is 9.30. The molecule has 6 heteroatoms. The van der Waals surface area contributed by atoms with Crippen LogP contribution in [0.5, 0.6) is 0 Å². The third-order valence-electron chi connectivity index (χ3n) is 4.52. The first kappa shape index (κ1) is 14.4. The van der Waals surface area contributed by atoms with E-state index in [2.05, 4.69) is 15.9 Å². The summed E-state index contributed by atoms with van der Waals surface area (Å²) in [6.45, 7) is 0.632. The molecule has 2 atom stereocenters. The minimum absolute atomic E-state index is 0.178. The van der Waals surface area contributed by atoms with Crippen molar-refractivity contribution >= 4 is 31.6 Å². The average Bonchev–Trinajstić information content (AvgIpc) is 2.82. The van der Waals surface area contributed by atoms with Crippen LogP contribution in [0.1, 0.15) is 32.1 Å². The molecule has 2 N–H and O–H groups in total. The molecule has 0 amide bonds. The maximum Gasteiger partial charge on any atom is 0.245 e. The lowest BCUT2D eigenvalue weighted by Gasteiger charge is -2.31. The fourth-order valence-electron chi connectivity index (χ4n) is 3.54. The van der Waals surface area contributed by atoms with Gasteiger partial charge in [0.15, 0.2) is 0 Å². The topological polar surface area (TPSA) is 63.4 Å². The Labute approximate surface area is 128 Å². The zero-order valence-corrected chi connectivity index (χ0v) is 13.7. The third-order valence-corrected chi connectivity index (χ3v) is 7.01. The second-order valence-electron chi connectivity index (χ2n) is 5.70. The van der Waals surface area contributed by atoms with Crippen LogP contribution in [0.3, 0.4) is 0 Å². The van der Waals surface area contributed by atoms with Gasteiger partial charge in [-0.15, -0.1) is 0 Å². The van der Waals surface area contributed by atoms with Gasteiger partial charge >= 0.3 is 0 Å². The molecule has 1 aromatic carbocycles. The lowest BCUT2D eigenvalue weighted by atomic mass is 9.86. The Morgan fingerprint density at radius 1 is 1.20 bits per heavy atom. The van der Waals surface area contributed by atoms with Crippen LogP contribution in [0.4, 0.5) is 5.69 Å². The maximum absolute atomic E-state index is 12.9. The van der Waals surface area contributed by atoms with E-state index < -0.39 is 10.0 Å². The van der Waals surface area contributed by atoms with E-state index in [9.17, 15) is 8.42 Å². The maximum atomic E-state index is 12.9. The summed E-state index contributed by atoms with van der Waals surface area (Å²) < 4.78 is 28.2. The van der Waals surface area contributed by atoms with Crippen LogP contribution in [0, 0.1) is 5.92 Å². The van der Waals surface area contributed by atoms with Crippen LogP contribution < -0.4 is 5.73 Å². The summed E-state index contributed by atoms with van der Waals surface area (Å²) in [4.78, 5) is 0.243. The Kier molecular flexibility index (Phi) is 3.81. The Balaban J connectivity index is 1.95. The number of hydrogen-bond acceptors (Lipinski definition) is 3. The lowest BCUT2D eigenvalue weighted by molar-refractivity contribution is 0.260. The molecule has 2 unspecified atom stereocenters. The van der Waals surface area contributed by atoms with E-state index in [4.69, 9.17) is 5.73 Å². The molecule has 1 saturated carbocycles. The summed E-state index contributed by atoms with van der Waals surface area (Å²) in [5.74, 6) is 0.537. The van der Waals surface area contributed by atoms with Crippen molar-refractivity contribution in [3.8, 4) is 0 Å². The van der Waals surface area contributed by atoms with E-state index in [0.717, 1.165) is 30.2 Å². The van der Waals surface area contributed by atoms with Gasteiger partial charge in [0, 0.05) is 17.1 Å². The van der Waals surface area contributed by atoms with Crippen LogP contribution in [-0.2, 0) is 10.0 Å². The summed E-state index contributed by atoms with van der Waals surface area (Å²) in [5.41, 5.74) is 6.23. The zero-order chi connectivity index (χ0) is 14.3. The largest absolute Gasteiger partial charge is 0.398 e. The molecular formula is C14H19BrN2O2S. The highest BCUT2D eigenvalue weighted by Crippen LogP contribution is 2.40. The van der Waals surface area contributed by atoms with Gasteiger partial charge in [0.05, 0.1) is 5.69 Å². The Morgan fingerprint density at radius 2 is 1.95 bits per heavy atom. The van der Waals surface area contributed by atoms with Crippen LogP contribution in [0.15, 0.2) is 27.6 Å². The van der Waals surface area contributed by atoms with E-state index >= 15 is 0 Å². The van der Waals surface area contributed by atoms with Crippen LogP contribution in [0.2, 0.25) is 0 Å². The molecule has 0 aromatic heterocycles. The predicted molar refractivity (Wildman–Crippen MR) is 82.8 cm³/mol. The van der Waals surface area contributed by atoms with Crippen LogP contribution in [-0.4, -0.2) is 25.3 Å². The molecule has 0 spiro atoms. The molecule has 3 rings (SSSR count). The number of sulfonamides is 1. The van der Waals surface area contributed by atoms with Crippen LogP contribution >= 0.6 is 15.9 Å². The summed E-state index contributed by atoms with van der Waals surface area (Å²) in [6, 6.07) is 5.17. The van der Waals surface area contributed by atoms with E-state index in [1.165, 1.54) is 6.42 Å². The highest BCUT2D eigenvalue weighted by molar-refractivity contribution is 9.10. The smallest absolute Gasteiger partial charge is 0.245 e. The van der Waals surface area contributed by atoms with Gasteiger partial charge in [-0.05, 0) is 43.4 Å². The molecule has 110 valence electrons. The number of benzene rings is 1. The summed E-state index contributed by atoms with van der Waals surface area (Å²) in [6.07, 6.45) is 5.49. The number of nitrogen functional groups attached to an aromatic ring is 1. The summed E-state index contributed by atoms with van der Waals surface area (Å²) in [5, 5.41) is 0. The SMILES string of the molecule is Nc1cc(Br)ccc1S(=O)(=O)N1CCC2CCCCC21. The Hall–Kier alpha value is -0.590. The summed E-state index contributed by atoms with van der Waals surface area (Å²) in [7, 11) is -3.47. The van der Waals surface area contributed by atoms with Gasteiger partial charge in [-0.2, -0.15) is 4.31 Å². The second kappa shape index (κ2) is 5.31.